The Bertz CT molecular complexity index is 254. The van der Waals surface area contributed by atoms with Crippen LogP contribution in [0.1, 0.15) is 34.1 Å². The quantitative estimate of drug-likeness (QED) is 0.599. The molecule has 5 nitrogen and oxygen atoms in total. The van der Waals surface area contributed by atoms with Crippen LogP contribution in [0, 0.1) is 11.8 Å². The summed E-state index contributed by atoms with van der Waals surface area (Å²) < 4.78 is 0. The molecule has 5 heteroatoms. The minimum absolute atomic E-state index is 0.129. The number of amides is 2. The molecule has 0 saturated heterocycles. The van der Waals surface area contributed by atoms with Gasteiger partial charge in [0.25, 0.3) is 0 Å². The van der Waals surface area contributed by atoms with Gasteiger partial charge in [-0.2, -0.15) is 0 Å². The first-order valence-electron chi connectivity index (χ1n) is 6.14. The van der Waals surface area contributed by atoms with Crippen molar-refractivity contribution in [3.05, 3.63) is 0 Å². The molecule has 2 amide bonds. The van der Waals surface area contributed by atoms with Gasteiger partial charge in [-0.15, -0.1) is 0 Å². The maximum absolute atomic E-state index is 11.6. The number of carbonyl (C=O) groups excluding carboxylic acids is 2. The van der Waals surface area contributed by atoms with Gasteiger partial charge in [0.15, 0.2) is 0 Å². The first-order chi connectivity index (χ1) is 7.86. The van der Waals surface area contributed by atoms with Crippen LogP contribution in [0.4, 0.5) is 0 Å². The number of carbonyl (C=O) groups is 2. The molecule has 2 unspecified atom stereocenters. The Hall–Kier alpha value is -1.10. The predicted molar refractivity (Wildman–Crippen MR) is 68.3 cm³/mol. The van der Waals surface area contributed by atoms with Crippen LogP contribution in [0.2, 0.25) is 0 Å². The van der Waals surface area contributed by atoms with Gasteiger partial charge in [-0.3, -0.25) is 9.59 Å². The fourth-order valence-corrected chi connectivity index (χ4v) is 1.22. The van der Waals surface area contributed by atoms with Crippen LogP contribution < -0.4 is 16.4 Å². The summed E-state index contributed by atoms with van der Waals surface area (Å²) in [5, 5.41) is 5.44. The zero-order valence-corrected chi connectivity index (χ0v) is 11.2. The molecule has 2 atom stereocenters. The molecule has 0 spiro atoms. The van der Waals surface area contributed by atoms with Crippen molar-refractivity contribution < 1.29 is 9.59 Å². The summed E-state index contributed by atoms with van der Waals surface area (Å²) in [6, 6.07) is -0.494. The minimum atomic E-state index is -0.494. The maximum Gasteiger partial charge on any atom is 0.242 e. The molecule has 0 aromatic rings. The molecule has 0 saturated carbocycles. The largest absolute Gasteiger partial charge is 0.354 e. The SMILES string of the molecule is CC(C)CNC(=O)C(C)NC(=O)CC(C)CN. The second-order valence-corrected chi connectivity index (χ2v) is 4.97. The van der Waals surface area contributed by atoms with Crippen molar-refractivity contribution in [3.8, 4) is 0 Å². The third-order valence-electron chi connectivity index (χ3n) is 2.39. The van der Waals surface area contributed by atoms with Gasteiger partial charge in [-0.25, -0.2) is 0 Å². The molecule has 100 valence electrons. The molecule has 0 aromatic heterocycles. The lowest BCUT2D eigenvalue weighted by Crippen LogP contribution is -2.46. The summed E-state index contributed by atoms with van der Waals surface area (Å²) in [6.45, 7) is 8.72. The average molecular weight is 243 g/mol. The van der Waals surface area contributed by atoms with Crippen LogP contribution in [-0.4, -0.2) is 30.9 Å². The predicted octanol–water partition coefficient (Wildman–Crippen LogP) is 0.248. The summed E-state index contributed by atoms with van der Waals surface area (Å²) in [5.41, 5.74) is 5.43. The summed E-state index contributed by atoms with van der Waals surface area (Å²) in [6.07, 6.45) is 0.359. The molecule has 0 aliphatic carbocycles. The molecule has 0 aliphatic heterocycles. The Kier molecular flexibility index (Phi) is 7.54. The lowest BCUT2D eigenvalue weighted by atomic mass is 10.1. The smallest absolute Gasteiger partial charge is 0.242 e. The molecule has 4 N–H and O–H groups in total. The zero-order valence-electron chi connectivity index (χ0n) is 11.2. The summed E-state index contributed by atoms with van der Waals surface area (Å²) in [5.74, 6) is 0.266. The van der Waals surface area contributed by atoms with Crippen LogP contribution in [0.25, 0.3) is 0 Å². The maximum atomic E-state index is 11.6. The Morgan fingerprint density at radius 3 is 2.24 bits per heavy atom. The summed E-state index contributed by atoms with van der Waals surface area (Å²) >= 11 is 0. The van der Waals surface area contributed by atoms with Crippen molar-refractivity contribution in [2.75, 3.05) is 13.1 Å². The van der Waals surface area contributed by atoms with Crippen molar-refractivity contribution in [3.63, 3.8) is 0 Å². The molecule has 0 rings (SSSR count). The average Bonchev–Trinajstić information content (AvgIpc) is 2.25. The van der Waals surface area contributed by atoms with Crippen LogP contribution in [0.5, 0.6) is 0 Å². The van der Waals surface area contributed by atoms with E-state index < -0.39 is 6.04 Å². The molecule has 0 fully saturated rings. The number of nitrogens with two attached hydrogens (primary N) is 1. The number of nitrogens with one attached hydrogen (secondary N) is 2. The molecule has 0 radical (unpaired) electrons. The van der Waals surface area contributed by atoms with Crippen molar-refractivity contribution in [1.82, 2.24) is 10.6 Å². The van der Waals surface area contributed by atoms with Gasteiger partial charge >= 0.3 is 0 Å². The Morgan fingerprint density at radius 1 is 1.18 bits per heavy atom. The monoisotopic (exact) mass is 243 g/mol. The van der Waals surface area contributed by atoms with E-state index >= 15 is 0 Å². The Morgan fingerprint density at radius 2 is 1.76 bits per heavy atom. The van der Waals surface area contributed by atoms with Crippen molar-refractivity contribution in [1.29, 1.82) is 0 Å². The van der Waals surface area contributed by atoms with Gasteiger partial charge in [0, 0.05) is 13.0 Å². The zero-order chi connectivity index (χ0) is 13.4. The highest BCUT2D eigenvalue weighted by atomic mass is 16.2. The van der Waals surface area contributed by atoms with E-state index in [2.05, 4.69) is 10.6 Å². The Balaban J connectivity index is 3.94. The molecule has 0 heterocycles. The van der Waals surface area contributed by atoms with Crippen molar-refractivity contribution in [2.24, 2.45) is 17.6 Å². The third-order valence-corrected chi connectivity index (χ3v) is 2.39. The van der Waals surface area contributed by atoms with Gasteiger partial charge in [0.2, 0.25) is 11.8 Å². The van der Waals surface area contributed by atoms with E-state index in [-0.39, 0.29) is 17.7 Å². The van der Waals surface area contributed by atoms with Gasteiger partial charge in [0.1, 0.15) is 6.04 Å². The lowest BCUT2D eigenvalue weighted by Gasteiger charge is -2.16. The second kappa shape index (κ2) is 8.06. The van der Waals surface area contributed by atoms with E-state index in [0.29, 0.717) is 25.4 Å². The normalized spacial score (nSPS) is 14.2. The molecule has 0 aromatic carbocycles. The topological polar surface area (TPSA) is 84.2 Å². The van der Waals surface area contributed by atoms with Crippen molar-refractivity contribution in [2.45, 2.75) is 40.2 Å². The molecule has 17 heavy (non-hydrogen) atoms. The van der Waals surface area contributed by atoms with Crippen LogP contribution >= 0.6 is 0 Å². The number of hydrogen-bond acceptors (Lipinski definition) is 3. The van der Waals surface area contributed by atoms with Gasteiger partial charge in [0.05, 0.1) is 0 Å². The minimum Gasteiger partial charge on any atom is -0.354 e. The molecule has 0 bridgehead atoms. The molecular weight excluding hydrogens is 218 g/mol. The van der Waals surface area contributed by atoms with Gasteiger partial charge in [-0.05, 0) is 25.3 Å². The number of hydrogen-bond donors (Lipinski definition) is 3. The standard InChI is InChI=1S/C12H25N3O2/c1-8(2)7-14-12(17)10(4)15-11(16)5-9(3)6-13/h8-10H,5-7,13H2,1-4H3,(H,14,17)(H,15,16). The highest BCUT2D eigenvalue weighted by Gasteiger charge is 2.16. The van der Waals surface area contributed by atoms with Crippen LogP contribution in [-0.2, 0) is 9.59 Å². The highest BCUT2D eigenvalue weighted by molar-refractivity contribution is 5.87. The fourth-order valence-electron chi connectivity index (χ4n) is 1.22. The van der Waals surface area contributed by atoms with E-state index in [4.69, 9.17) is 5.73 Å². The summed E-state index contributed by atoms with van der Waals surface area (Å²) in [4.78, 5) is 23.1. The molecular formula is C12H25N3O2. The third kappa shape index (κ3) is 7.74. The first-order valence-corrected chi connectivity index (χ1v) is 6.14. The van der Waals surface area contributed by atoms with Gasteiger partial charge < -0.3 is 16.4 Å². The van der Waals surface area contributed by atoms with E-state index in [0.717, 1.165) is 0 Å². The Labute approximate surface area is 104 Å². The fraction of sp³-hybridized carbons (Fsp3) is 0.833. The van der Waals surface area contributed by atoms with Crippen LogP contribution in [0.3, 0.4) is 0 Å². The van der Waals surface area contributed by atoms with E-state index in [1.807, 2.05) is 20.8 Å². The first kappa shape index (κ1) is 15.9. The van der Waals surface area contributed by atoms with Crippen molar-refractivity contribution >= 4 is 11.8 Å². The van der Waals surface area contributed by atoms with E-state index in [1.165, 1.54) is 0 Å². The highest BCUT2D eigenvalue weighted by Crippen LogP contribution is 1.99. The van der Waals surface area contributed by atoms with E-state index in [1.54, 1.807) is 6.92 Å². The van der Waals surface area contributed by atoms with E-state index in [9.17, 15) is 9.59 Å². The van der Waals surface area contributed by atoms with Crippen LogP contribution in [0.15, 0.2) is 0 Å². The number of rotatable bonds is 7. The second-order valence-electron chi connectivity index (χ2n) is 4.97. The molecule has 0 aliphatic rings. The lowest BCUT2D eigenvalue weighted by molar-refractivity contribution is -0.129. The van der Waals surface area contributed by atoms with Gasteiger partial charge in [-0.1, -0.05) is 20.8 Å². The summed E-state index contributed by atoms with van der Waals surface area (Å²) in [7, 11) is 0.